The normalized spacial score (nSPS) is 10.4. The van der Waals surface area contributed by atoms with Gasteiger partial charge in [0.25, 0.3) is 0 Å². The summed E-state index contributed by atoms with van der Waals surface area (Å²) in [4.78, 5) is 22.2. The molecule has 2 N–H and O–H groups in total. The van der Waals surface area contributed by atoms with E-state index in [1.165, 1.54) is 6.92 Å². The molecule has 1 aromatic rings. The van der Waals surface area contributed by atoms with E-state index in [1.54, 1.807) is 0 Å². The molecule has 0 bridgehead atoms. The van der Waals surface area contributed by atoms with Gasteiger partial charge in [0.15, 0.2) is 0 Å². The molecule has 0 aliphatic rings. The van der Waals surface area contributed by atoms with Crippen LogP contribution in [0.25, 0.3) is 0 Å². The van der Waals surface area contributed by atoms with Gasteiger partial charge in [0.05, 0.1) is 6.42 Å². The number of primary amides is 1. The molecular formula is C15H21NO3. The highest BCUT2D eigenvalue weighted by Crippen LogP contribution is 2.27. The van der Waals surface area contributed by atoms with Gasteiger partial charge in [-0.1, -0.05) is 0 Å². The molecule has 0 saturated heterocycles. The molecule has 0 aliphatic carbocycles. The Morgan fingerprint density at radius 2 is 1.42 bits per heavy atom. The van der Waals surface area contributed by atoms with Crippen LogP contribution >= 0.6 is 0 Å². The maximum atomic E-state index is 11.2. The summed E-state index contributed by atoms with van der Waals surface area (Å²) < 4.78 is 5.09. The summed E-state index contributed by atoms with van der Waals surface area (Å²) in [6.07, 6.45) is 0.171. The van der Waals surface area contributed by atoms with Crippen molar-refractivity contribution in [2.24, 2.45) is 5.73 Å². The van der Waals surface area contributed by atoms with Gasteiger partial charge in [-0.2, -0.15) is 0 Å². The molecule has 1 aromatic carbocycles. The summed E-state index contributed by atoms with van der Waals surface area (Å²) in [5, 5.41) is 0. The van der Waals surface area contributed by atoms with Crippen molar-refractivity contribution in [3.8, 4) is 0 Å². The van der Waals surface area contributed by atoms with Crippen LogP contribution in [0.3, 0.4) is 0 Å². The number of hydrogen-bond donors (Lipinski definition) is 1. The largest absolute Gasteiger partial charge is 0.461 e. The van der Waals surface area contributed by atoms with Crippen LogP contribution in [0.5, 0.6) is 0 Å². The Balaban J connectivity index is 3.38. The highest BCUT2D eigenvalue weighted by atomic mass is 16.5. The first kappa shape index (κ1) is 15.2. The Morgan fingerprint density at radius 1 is 0.947 bits per heavy atom. The maximum Gasteiger partial charge on any atom is 0.302 e. The number of ether oxygens (including phenoxy) is 1. The molecule has 0 atom stereocenters. The van der Waals surface area contributed by atoms with Crippen molar-refractivity contribution in [1.82, 2.24) is 0 Å². The highest BCUT2D eigenvalue weighted by Gasteiger charge is 2.17. The third-order valence-electron chi connectivity index (χ3n) is 3.73. The molecule has 0 aliphatic heterocycles. The van der Waals surface area contributed by atoms with Crippen LogP contribution in [0, 0.1) is 27.7 Å². The number of esters is 1. The third kappa shape index (κ3) is 3.34. The second kappa shape index (κ2) is 5.87. The van der Waals surface area contributed by atoms with Crippen LogP contribution in [-0.2, 0) is 27.4 Å². The highest BCUT2D eigenvalue weighted by molar-refractivity contribution is 5.78. The smallest absolute Gasteiger partial charge is 0.302 e. The van der Waals surface area contributed by atoms with Crippen molar-refractivity contribution in [3.05, 3.63) is 33.4 Å². The fourth-order valence-corrected chi connectivity index (χ4v) is 2.25. The van der Waals surface area contributed by atoms with Crippen molar-refractivity contribution in [1.29, 1.82) is 0 Å². The number of rotatable bonds is 4. The van der Waals surface area contributed by atoms with Gasteiger partial charge in [0, 0.05) is 6.92 Å². The molecule has 1 amide bonds. The van der Waals surface area contributed by atoms with Crippen LogP contribution in [0.1, 0.15) is 40.3 Å². The Kier molecular flexibility index (Phi) is 4.70. The molecule has 104 valence electrons. The molecule has 0 aromatic heterocycles. The second-order valence-corrected chi connectivity index (χ2v) is 4.88. The zero-order chi connectivity index (χ0) is 14.7. The van der Waals surface area contributed by atoms with E-state index < -0.39 is 0 Å². The molecule has 0 heterocycles. The van der Waals surface area contributed by atoms with E-state index in [-0.39, 0.29) is 24.9 Å². The quantitative estimate of drug-likeness (QED) is 0.845. The minimum atomic E-state index is -0.380. The van der Waals surface area contributed by atoms with Crippen LogP contribution in [-0.4, -0.2) is 11.9 Å². The Labute approximate surface area is 113 Å². The lowest BCUT2D eigenvalue weighted by atomic mass is 9.87. The van der Waals surface area contributed by atoms with Gasteiger partial charge in [0.2, 0.25) is 5.91 Å². The van der Waals surface area contributed by atoms with E-state index in [0.29, 0.717) is 0 Å². The second-order valence-electron chi connectivity index (χ2n) is 4.88. The summed E-state index contributed by atoms with van der Waals surface area (Å²) in [7, 11) is 0. The number of benzene rings is 1. The Bertz CT molecular complexity index is 533. The first-order valence-corrected chi connectivity index (χ1v) is 6.25. The van der Waals surface area contributed by atoms with Crippen LogP contribution < -0.4 is 5.73 Å². The van der Waals surface area contributed by atoms with E-state index >= 15 is 0 Å². The lowest BCUT2D eigenvalue weighted by Crippen LogP contribution is -2.18. The molecule has 19 heavy (non-hydrogen) atoms. The van der Waals surface area contributed by atoms with E-state index in [4.69, 9.17) is 10.5 Å². The monoisotopic (exact) mass is 263 g/mol. The van der Waals surface area contributed by atoms with Crippen molar-refractivity contribution in [3.63, 3.8) is 0 Å². The fourth-order valence-electron chi connectivity index (χ4n) is 2.25. The van der Waals surface area contributed by atoms with E-state index in [1.807, 2.05) is 27.7 Å². The zero-order valence-corrected chi connectivity index (χ0v) is 12.2. The first-order valence-electron chi connectivity index (χ1n) is 6.25. The standard InChI is InChI=1S/C15H21NO3/c1-8-9(2)11(4)14(7-19-12(5)17)13(10(8)3)6-15(16)18/h6-7H2,1-5H3,(H2,16,18). The topological polar surface area (TPSA) is 69.4 Å². The predicted molar refractivity (Wildman–Crippen MR) is 73.8 cm³/mol. The molecular weight excluding hydrogens is 242 g/mol. The lowest BCUT2D eigenvalue weighted by molar-refractivity contribution is -0.142. The molecule has 0 radical (unpaired) electrons. The molecule has 0 spiro atoms. The average molecular weight is 263 g/mol. The molecule has 4 heteroatoms. The fraction of sp³-hybridized carbons (Fsp3) is 0.467. The molecule has 1 rings (SSSR count). The zero-order valence-electron chi connectivity index (χ0n) is 12.2. The van der Waals surface area contributed by atoms with E-state index in [9.17, 15) is 9.59 Å². The molecule has 4 nitrogen and oxygen atoms in total. The van der Waals surface area contributed by atoms with Crippen LogP contribution in [0.15, 0.2) is 0 Å². The summed E-state index contributed by atoms with van der Waals surface area (Å²) >= 11 is 0. The van der Waals surface area contributed by atoms with Crippen molar-refractivity contribution in [2.75, 3.05) is 0 Å². The van der Waals surface area contributed by atoms with Gasteiger partial charge < -0.3 is 10.5 Å². The summed E-state index contributed by atoms with van der Waals surface area (Å²) in [5.41, 5.74) is 11.5. The Hall–Kier alpha value is -1.84. The van der Waals surface area contributed by atoms with Gasteiger partial charge in [-0.25, -0.2) is 0 Å². The van der Waals surface area contributed by atoms with Crippen molar-refractivity contribution < 1.29 is 14.3 Å². The van der Waals surface area contributed by atoms with Gasteiger partial charge in [0.1, 0.15) is 6.61 Å². The number of hydrogen-bond acceptors (Lipinski definition) is 3. The molecule has 0 saturated carbocycles. The van der Waals surface area contributed by atoms with Crippen LogP contribution in [0.4, 0.5) is 0 Å². The van der Waals surface area contributed by atoms with Gasteiger partial charge in [-0.05, 0) is 61.1 Å². The third-order valence-corrected chi connectivity index (χ3v) is 3.73. The minimum Gasteiger partial charge on any atom is -0.461 e. The number of carbonyl (C=O) groups excluding carboxylic acids is 2. The minimum absolute atomic E-state index is 0.171. The summed E-state index contributed by atoms with van der Waals surface area (Å²) in [5.74, 6) is -0.713. The van der Waals surface area contributed by atoms with Gasteiger partial charge in [-0.3, -0.25) is 9.59 Å². The van der Waals surface area contributed by atoms with Crippen molar-refractivity contribution in [2.45, 2.75) is 47.6 Å². The number of carbonyl (C=O) groups is 2. The SMILES string of the molecule is CC(=O)OCc1c(C)c(C)c(C)c(C)c1CC(N)=O. The molecule has 0 fully saturated rings. The number of nitrogens with two attached hydrogens (primary N) is 1. The predicted octanol–water partition coefficient (Wildman–Crippen LogP) is 2.01. The summed E-state index contributed by atoms with van der Waals surface area (Å²) in [6.45, 7) is 9.56. The first-order chi connectivity index (χ1) is 8.75. The molecule has 0 unspecified atom stereocenters. The van der Waals surface area contributed by atoms with Gasteiger partial charge >= 0.3 is 5.97 Å². The summed E-state index contributed by atoms with van der Waals surface area (Å²) in [6, 6.07) is 0. The van der Waals surface area contributed by atoms with Crippen LogP contribution in [0.2, 0.25) is 0 Å². The Morgan fingerprint density at radius 3 is 1.84 bits per heavy atom. The average Bonchev–Trinajstić information content (AvgIpc) is 2.32. The lowest BCUT2D eigenvalue weighted by Gasteiger charge is -2.20. The van der Waals surface area contributed by atoms with E-state index in [2.05, 4.69) is 0 Å². The maximum absolute atomic E-state index is 11.2. The number of amides is 1. The van der Waals surface area contributed by atoms with Crippen molar-refractivity contribution >= 4 is 11.9 Å². The van der Waals surface area contributed by atoms with Gasteiger partial charge in [-0.15, -0.1) is 0 Å². The van der Waals surface area contributed by atoms with E-state index in [0.717, 1.165) is 33.4 Å².